The van der Waals surface area contributed by atoms with Gasteiger partial charge >= 0.3 is 0 Å². The highest BCUT2D eigenvalue weighted by molar-refractivity contribution is 5.94. The number of carbonyl (C=O) groups excluding carboxylic acids is 1. The molecule has 1 amide bonds. The molecule has 0 spiro atoms. The average molecular weight is 396 g/mol. The summed E-state index contributed by atoms with van der Waals surface area (Å²) in [6.45, 7) is 4.49. The lowest BCUT2D eigenvalue weighted by molar-refractivity contribution is -0.0566. The van der Waals surface area contributed by atoms with Crippen molar-refractivity contribution in [2.45, 2.75) is 38.0 Å². The summed E-state index contributed by atoms with van der Waals surface area (Å²) in [5.41, 5.74) is 1.76. The molecule has 0 bridgehead atoms. The van der Waals surface area contributed by atoms with Gasteiger partial charge in [-0.2, -0.15) is 0 Å². The van der Waals surface area contributed by atoms with Crippen molar-refractivity contribution < 1.29 is 19.4 Å². The fraction of sp³-hybridized carbons (Fsp3) is 0.435. The molecule has 29 heavy (non-hydrogen) atoms. The number of hydrogen-bond acceptors (Lipinski definition) is 5. The summed E-state index contributed by atoms with van der Waals surface area (Å²) in [5, 5.41) is 12.3. The quantitative estimate of drug-likeness (QED) is 0.786. The van der Waals surface area contributed by atoms with Crippen LogP contribution in [0.5, 0.6) is 11.5 Å². The van der Waals surface area contributed by atoms with Gasteiger partial charge < -0.3 is 19.9 Å². The molecule has 2 aliphatic heterocycles. The Balaban J connectivity index is 1.31. The number of morpholine rings is 1. The van der Waals surface area contributed by atoms with Crippen molar-refractivity contribution in [3.63, 3.8) is 0 Å². The molecule has 0 aromatic heterocycles. The van der Waals surface area contributed by atoms with E-state index in [9.17, 15) is 4.79 Å². The molecule has 0 unspecified atom stereocenters. The number of carbonyl (C=O) groups is 1. The molecule has 2 fully saturated rings. The van der Waals surface area contributed by atoms with E-state index in [1.807, 2.05) is 43.3 Å². The van der Waals surface area contributed by atoms with Crippen molar-refractivity contribution in [2.24, 2.45) is 0 Å². The van der Waals surface area contributed by atoms with E-state index >= 15 is 0 Å². The molecule has 2 heterocycles. The first-order valence-electron chi connectivity index (χ1n) is 10.2. The molecule has 2 aliphatic rings. The number of rotatable bonds is 6. The first kappa shape index (κ1) is 19.9. The molecular weight excluding hydrogens is 368 g/mol. The van der Waals surface area contributed by atoms with Gasteiger partial charge in [0.2, 0.25) is 0 Å². The zero-order valence-corrected chi connectivity index (χ0v) is 16.7. The Morgan fingerprint density at radius 1 is 1.21 bits per heavy atom. The van der Waals surface area contributed by atoms with E-state index in [0.29, 0.717) is 30.4 Å². The molecule has 2 saturated heterocycles. The first-order chi connectivity index (χ1) is 14.1. The molecule has 4 rings (SSSR count). The van der Waals surface area contributed by atoms with Gasteiger partial charge in [-0.05, 0) is 61.7 Å². The largest absolute Gasteiger partial charge is 0.457 e. The second-order valence-corrected chi connectivity index (χ2v) is 7.92. The lowest BCUT2D eigenvalue weighted by Gasteiger charge is -2.34. The van der Waals surface area contributed by atoms with Crippen molar-refractivity contribution >= 4 is 5.91 Å². The number of amides is 1. The number of aliphatic hydroxyl groups is 1. The van der Waals surface area contributed by atoms with Crippen LogP contribution in [-0.2, 0) is 4.74 Å². The van der Waals surface area contributed by atoms with Gasteiger partial charge in [-0.3, -0.25) is 9.69 Å². The van der Waals surface area contributed by atoms with E-state index in [-0.39, 0.29) is 24.7 Å². The fourth-order valence-electron chi connectivity index (χ4n) is 4.12. The minimum Gasteiger partial charge on any atom is -0.457 e. The number of nitrogens with one attached hydrogen (secondary N) is 1. The third kappa shape index (κ3) is 4.96. The van der Waals surface area contributed by atoms with Crippen LogP contribution >= 0.6 is 0 Å². The normalized spacial score (nSPS) is 24.1. The summed E-state index contributed by atoms with van der Waals surface area (Å²) in [4.78, 5) is 15.0. The van der Waals surface area contributed by atoms with Crippen molar-refractivity contribution in [3.8, 4) is 11.5 Å². The second kappa shape index (κ2) is 8.95. The summed E-state index contributed by atoms with van der Waals surface area (Å²) in [6.07, 6.45) is 1.65. The zero-order chi connectivity index (χ0) is 20.2. The SMILES string of the molecule is Cc1cccc(Oc2ccc(C(=O)N[C@H]3C[C@H]4CO[C@@H](CCO)CN4C3)cc2)c1. The average Bonchev–Trinajstić information content (AvgIpc) is 3.10. The molecule has 3 atom stereocenters. The highest BCUT2D eigenvalue weighted by atomic mass is 16.5. The molecule has 6 nitrogen and oxygen atoms in total. The third-order valence-electron chi connectivity index (χ3n) is 5.62. The maximum atomic E-state index is 12.7. The van der Waals surface area contributed by atoms with Crippen LogP contribution in [0, 0.1) is 6.92 Å². The highest BCUT2D eigenvalue weighted by Crippen LogP contribution is 2.25. The third-order valence-corrected chi connectivity index (χ3v) is 5.62. The Kier molecular flexibility index (Phi) is 6.13. The number of benzene rings is 2. The maximum absolute atomic E-state index is 12.7. The molecule has 0 radical (unpaired) electrons. The van der Waals surface area contributed by atoms with Crippen molar-refractivity contribution in [1.82, 2.24) is 10.2 Å². The van der Waals surface area contributed by atoms with Crippen molar-refractivity contribution in [1.29, 1.82) is 0 Å². The molecule has 154 valence electrons. The van der Waals surface area contributed by atoms with Crippen LogP contribution < -0.4 is 10.1 Å². The molecular formula is C23H28N2O4. The van der Waals surface area contributed by atoms with Crippen LogP contribution in [0.25, 0.3) is 0 Å². The van der Waals surface area contributed by atoms with E-state index < -0.39 is 0 Å². The van der Waals surface area contributed by atoms with Gasteiger partial charge in [-0.1, -0.05) is 12.1 Å². The van der Waals surface area contributed by atoms with E-state index in [4.69, 9.17) is 14.6 Å². The number of fused-ring (bicyclic) bond motifs is 1. The number of hydrogen-bond donors (Lipinski definition) is 2. The van der Waals surface area contributed by atoms with Crippen molar-refractivity contribution in [3.05, 3.63) is 59.7 Å². The standard InChI is InChI=1S/C23H28N2O4/c1-16-3-2-4-21(11-16)29-20-7-5-17(6-8-20)23(27)24-18-12-19-15-28-22(9-10-26)14-25(19)13-18/h2-8,11,18-19,22,26H,9-10,12-15H2,1H3,(H,24,27)/t18-,19-,22-/m0/s1. The van der Waals surface area contributed by atoms with Crippen LogP contribution in [0.1, 0.15) is 28.8 Å². The van der Waals surface area contributed by atoms with Gasteiger partial charge in [0.05, 0.1) is 12.7 Å². The summed E-state index contributed by atoms with van der Waals surface area (Å²) in [7, 11) is 0. The van der Waals surface area contributed by atoms with Gasteiger partial charge in [-0.15, -0.1) is 0 Å². The lowest BCUT2D eigenvalue weighted by Crippen LogP contribution is -2.46. The van der Waals surface area contributed by atoms with E-state index in [2.05, 4.69) is 10.2 Å². The Bertz CT molecular complexity index is 839. The summed E-state index contributed by atoms with van der Waals surface area (Å²) < 4.78 is 11.7. The predicted molar refractivity (Wildman–Crippen MR) is 110 cm³/mol. The van der Waals surface area contributed by atoms with Crippen LogP contribution in [0.2, 0.25) is 0 Å². The Labute approximate surface area is 171 Å². The first-order valence-corrected chi connectivity index (χ1v) is 10.2. The highest BCUT2D eigenvalue weighted by Gasteiger charge is 2.37. The fourth-order valence-corrected chi connectivity index (χ4v) is 4.12. The maximum Gasteiger partial charge on any atom is 0.251 e. The number of aliphatic hydroxyl groups excluding tert-OH is 1. The van der Waals surface area contributed by atoms with Crippen LogP contribution in [0.3, 0.4) is 0 Å². The Hall–Kier alpha value is -2.41. The predicted octanol–water partition coefficient (Wildman–Crippen LogP) is 2.74. The number of nitrogens with zero attached hydrogens (tertiary/aromatic N) is 1. The van der Waals surface area contributed by atoms with Gasteiger partial charge in [-0.25, -0.2) is 0 Å². The molecule has 0 aliphatic carbocycles. The monoisotopic (exact) mass is 396 g/mol. The van der Waals surface area contributed by atoms with Crippen LogP contribution in [0.15, 0.2) is 48.5 Å². The lowest BCUT2D eigenvalue weighted by atomic mass is 10.1. The van der Waals surface area contributed by atoms with Gasteiger partial charge in [0.25, 0.3) is 5.91 Å². The summed E-state index contributed by atoms with van der Waals surface area (Å²) in [5.74, 6) is 1.42. The molecule has 2 N–H and O–H groups in total. The molecule has 2 aromatic carbocycles. The van der Waals surface area contributed by atoms with Crippen LogP contribution in [-0.4, -0.2) is 60.4 Å². The Morgan fingerprint density at radius 3 is 2.79 bits per heavy atom. The van der Waals surface area contributed by atoms with Gasteiger partial charge in [0, 0.05) is 37.3 Å². The smallest absolute Gasteiger partial charge is 0.251 e. The topological polar surface area (TPSA) is 71.0 Å². The van der Waals surface area contributed by atoms with E-state index in [1.54, 1.807) is 12.1 Å². The minimum atomic E-state index is -0.0650. The minimum absolute atomic E-state index is 0.0650. The van der Waals surface area contributed by atoms with E-state index in [0.717, 1.165) is 30.8 Å². The van der Waals surface area contributed by atoms with Gasteiger partial charge in [0.15, 0.2) is 0 Å². The van der Waals surface area contributed by atoms with Gasteiger partial charge in [0.1, 0.15) is 11.5 Å². The zero-order valence-electron chi connectivity index (χ0n) is 16.7. The molecule has 6 heteroatoms. The number of aryl methyl sites for hydroxylation is 1. The second-order valence-electron chi connectivity index (χ2n) is 7.92. The Morgan fingerprint density at radius 2 is 2.03 bits per heavy atom. The molecule has 2 aromatic rings. The van der Waals surface area contributed by atoms with Crippen molar-refractivity contribution in [2.75, 3.05) is 26.3 Å². The summed E-state index contributed by atoms with van der Waals surface area (Å²) >= 11 is 0. The summed E-state index contributed by atoms with van der Waals surface area (Å²) in [6, 6.07) is 15.6. The van der Waals surface area contributed by atoms with Crippen LogP contribution in [0.4, 0.5) is 0 Å². The van der Waals surface area contributed by atoms with E-state index in [1.165, 1.54) is 0 Å². The molecule has 0 saturated carbocycles. The number of ether oxygens (including phenoxy) is 2.